The van der Waals surface area contributed by atoms with Crippen LogP contribution in [0.4, 0.5) is 28.9 Å². The maximum atomic E-state index is 14.0. The minimum atomic E-state index is -5.08. The molecule has 0 aliphatic rings. The van der Waals surface area contributed by atoms with Crippen LogP contribution < -0.4 is 10.2 Å². The fraction of sp³-hybridized carbons (Fsp3) is 0.375. The predicted molar refractivity (Wildman–Crippen MR) is 123 cm³/mol. The number of carbonyl (C=O) groups excluding carboxylic acids is 1. The number of hydrogen-bond donors (Lipinski definition) is 3. The van der Waals surface area contributed by atoms with Crippen LogP contribution in [0.1, 0.15) is 48.4 Å². The second-order valence-electron chi connectivity index (χ2n) is 8.47. The quantitative estimate of drug-likeness (QED) is 0.412. The van der Waals surface area contributed by atoms with Gasteiger partial charge in [-0.3, -0.25) is 4.79 Å². The Bertz CT molecular complexity index is 1030. The number of carboxylic acid groups (broad SMARTS) is 2. The maximum Gasteiger partial charge on any atom is 0.490 e. The van der Waals surface area contributed by atoms with Gasteiger partial charge in [0.2, 0.25) is 0 Å². The fourth-order valence-electron chi connectivity index (χ4n) is 3.03. The molecule has 0 unspecified atom stereocenters. The highest BCUT2D eigenvalue weighted by Crippen LogP contribution is 2.30. The Labute approximate surface area is 200 Å². The molecule has 0 radical (unpaired) electrons. The van der Waals surface area contributed by atoms with E-state index in [4.69, 9.17) is 9.90 Å². The van der Waals surface area contributed by atoms with Crippen molar-refractivity contribution in [2.75, 3.05) is 23.3 Å². The van der Waals surface area contributed by atoms with Gasteiger partial charge in [0.15, 0.2) is 0 Å². The zero-order chi connectivity index (χ0) is 26.9. The predicted octanol–water partition coefficient (Wildman–Crippen LogP) is 5.53. The molecule has 1 amide bonds. The van der Waals surface area contributed by atoms with Crippen LogP contribution in [0.25, 0.3) is 0 Å². The standard InChI is InChI=1S/C22H27FN2O3.C2HF3O2/c1-14(2)12-25(13-15(3)4)20-10-9-16(22(27)28)11-19(20)24-21(26)17-7-5-6-8-18(17)23;3-2(4,5)1(6)7/h5-11,14-15H,12-13H2,1-4H3,(H,24,26)(H,27,28);(H,6,7). The van der Waals surface area contributed by atoms with Gasteiger partial charge in [0.1, 0.15) is 5.82 Å². The molecule has 0 heterocycles. The van der Waals surface area contributed by atoms with Crippen LogP contribution in [0.2, 0.25) is 0 Å². The van der Waals surface area contributed by atoms with Crippen molar-refractivity contribution < 1.29 is 42.2 Å². The Morgan fingerprint density at radius 3 is 1.89 bits per heavy atom. The van der Waals surface area contributed by atoms with Crippen LogP contribution in [0, 0.1) is 17.7 Å². The van der Waals surface area contributed by atoms with Crippen LogP contribution in [0.15, 0.2) is 42.5 Å². The molecule has 0 aliphatic carbocycles. The van der Waals surface area contributed by atoms with E-state index in [2.05, 4.69) is 37.9 Å². The smallest absolute Gasteiger partial charge is 0.478 e. The van der Waals surface area contributed by atoms with Crippen LogP contribution in [0.3, 0.4) is 0 Å². The van der Waals surface area contributed by atoms with Gasteiger partial charge in [0, 0.05) is 13.1 Å². The fourth-order valence-corrected chi connectivity index (χ4v) is 3.03. The van der Waals surface area contributed by atoms with Crippen LogP contribution >= 0.6 is 0 Å². The number of aliphatic carboxylic acids is 1. The van der Waals surface area contributed by atoms with E-state index in [-0.39, 0.29) is 11.1 Å². The highest BCUT2D eigenvalue weighted by molar-refractivity contribution is 6.07. The number of anilines is 2. The lowest BCUT2D eigenvalue weighted by Crippen LogP contribution is -2.32. The van der Waals surface area contributed by atoms with Crippen molar-refractivity contribution in [1.29, 1.82) is 0 Å². The van der Waals surface area contributed by atoms with Crippen molar-refractivity contribution in [3.63, 3.8) is 0 Å². The first-order chi connectivity index (χ1) is 16.1. The van der Waals surface area contributed by atoms with Gasteiger partial charge in [0.25, 0.3) is 5.91 Å². The minimum absolute atomic E-state index is 0.0571. The van der Waals surface area contributed by atoms with E-state index in [0.29, 0.717) is 17.5 Å². The number of hydrogen-bond acceptors (Lipinski definition) is 4. The average molecular weight is 500 g/mol. The molecule has 0 aromatic heterocycles. The maximum absolute atomic E-state index is 14.0. The van der Waals surface area contributed by atoms with Gasteiger partial charge >= 0.3 is 18.1 Å². The van der Waals surface area contributed by atoms with E-state index >= 15 is 0 Å². The third kappa shape index (κ3) is 9.63. The zero-order valence-electron chi connectivity index (χ0n) is 19.7. The number of benzene rings is 2. The number of amides is 1. The molecular formula is C24H28F4N2O5. The molecule has 7 nitrogen and oxygen atoms in total. The van der Waals surface area contributed by atoms with E-state index in [0.717, 1.165) is 18.8 Å². The molecule has 11 heteroatoms. The molecule has 0 spiro atoms. The summed E-state index contributed by atoms with van der Waals surface area (Å²) in [5.41, 5.74) is 1.04. The Hall–Kier alpha value is -3.63. The van der Waals surface area contributed by atoms with Crippen LogP contribution in [-0.2, 0) is 4.79 Å². The molecule has 35 heavy (non-hydrogen) atoms. The summed E-state index contributed by atoms with van der Waals surface area (Å²) in [6.07, 6.45) is -5.08. The highest BCUT2D eigenvalue weighted by Gasteiger charge is 2.38. The molecule has 0 bridgehead atoms. The van der Waals surface area contributed by atoms with Crippen molar-refractivity contribution in [2.24, 2.45) is 11.8 Å². The monoisotopic (exact) mass is 500 g/mol. The summed E-state index contributed by atoms with van der Waals surface area (Å²) in [5, 5.41) is 19.2. The lowest BCUT2D eigenvalue weighted by atomic mass is 10.1. The van der Waals surface area contributed by atoms with Crippen LogP contribution in [0.5, 0.6) is 0 Å². The van der Waals surface area contributed by atoms with Crippen molar-refractivity contribution >= 4 is 29.2 Å². The van der Waals surface area contributed by atoms with Gasteiger partial charge in [-0.05, 0) is 42.2 Å². The first-order valence-electron chi connectivity index (χ1n) is 10.6. The number of nitrogens with one attached hydrogen (secondary N) is 1. The molecule has 192 valence electrons. The van der Waals surface area contributed by atoms with E-state index in [1.54, 1.807) is 12.1 Å². The molecule has 0 saturated carbocycles. The van der Waals surface area contributed by atoms with Gasteiger partial charge in [-0.2, -0.15) is 13.2 Å². The topological polar surface area (TPSA) is 107 Å². The first kappa shape index (κ1) is 29.4. The minimum Gasteiger partial charge on any atom is -0.478 e. The van der Waals surface area contributed by atoms with Gasteiger partial charge in [-0.15, -0.1) is 0 Å². The summed E-state index contributed by atoms with van der Waals surface area (Å²) in [6, 6.07) is 10.3. The third-order valence-corrected chi connectivity index (χ3v) is 4.36. The second-order valence-corrected chi connectivity index (χ2v) is 8.47. The molecule has 2 aromatic carbocycles. The van der Waals surface area contributed by atoms with E-state index < -0.39 is 29.8 Å². The molecule has 0 aliphatic heterocycles. The molecule has 0 fully saturated rings. The Kier molecular flexibility index (Phi) is 10.7. The van der Waals surface area contributed by atoms with Gasteiger partial charge in [-0.1, -0.05) is 39.8 Å². The van der Waals surface area contributed by atoms with Crippen molar-refractivity contribution in [3.8, 4) is 0 Å². The number of rotatable bonds is 8. The largest absolute Gasteiger partial charge is 0.490 e. The third-order valence-electron chi connectivity index (χ3n) is 4.36. The summed E-state index contributed by atoms with van der Waals surface area (Å²) < 4.78 is 45.7. The van der Waals surface area contributed by atoms with E-state index in [9.17, 15) is 32.3 Å². The van der Waals surface area contributed by atoms with Crippen LogP contribution in [-0.4, -0.2) is 47.3 Å². The molecule has 0 atom stereocenters. The number of alkyl halides is 3. The SMILES string of the molecule is CC(C)CN(CC(C)C)c1ccc(C(=O)O)cc1NC(=O)c1ccccc1F.O=C(O)C(F)(F)F. The van der Waals surface area contributed by atoms with Gasteiger partial charge in [0.05, 0.1) is 22.5 Å². The lowest BCUT2D eigenvalue weighted by Gasteiger charge is -2.30. The van der Waals surface area contributed by atoms with Gasteiger partial charge < -0.3 is 20.4 Å². The lowest BCUT2D eigenvalue weighted by molar-refractivity contribution is -0.192. The Morgan fingerprint density at radius 1 is 0.943 bits per heavy atom. The molecule has 2 aromatic rings. The summed E-state index contributed by atoms with van der Waals surface area (Å²) in [5.74, 6) is -4.35. The van der Waals surface area contributed by atoms with E-state index in [1.807, 2.05) is 0 Å². The highest BCUT2D eigenvalue weighted by atomic mass is 19.4. The van der Waals surface area contributed by atoms with Crippen molar-refractivity contribution in [1.82, 2.24) is 0 Å². The number of aromatic carboxylic acids is 1. The summed E-state index contributed by atoms with van der Waals surface area (Å²) in [7, 11) is 0. The zero-order valence-corrected chi connectivity index (χ0v) is 19.7. The Morgan fingerprint density at radius 2 is 1.46 bits per heavy atom. The normalized spacial score (nSPS) is 11.0. The van der Waals surface area contributed by atoms with Crippen molar-refractivity contribution in [3.05, 3.63) is 59.4 Å². The second kappa shape index (κ2) is 12.7. The molecule has 3 N–H and O–H groups in total. The number of nitrogens with zero attached hydrogens (tertiary/aromatic N) is 1. The Balaban J connectivity index is 0.000000762. The number of carbonyl (C=O) groups is 3. The number of carboxylic acids is 2. The van der Waals surface area contributed by atoms with E-state index in [1.165, 1.54) is 30.3 Å². The molecular weight excluding hydrogens is 472 g/mol. The average Bonchev–Trinajstić information content (AvgIpc) is 2.72. The summed E-state index contributed by atoms with van der Waals surface area (Å²) in [4.78, 5) is 35.1. The summed E-state index contributed by atoms with van der Waals surface area (Å²) in [6.45, 7) is 9.86. The molecule has 2 rings (SSSR count). The first-order valence-corrected chi connectivity index (χ1v) is 10.6. The number of halogens is 4. The summed E-state index contributed by atoms with van der Waals surface area (Å²) >= 11 is 0. The van der Waals surface area contributed by atoms with Gasteiger partial charge in [-0.25, -0.2) is 14.0 Å². The molecule has 0 saturated heterocycles. The van der Waals surface area contributed by atoms with Crippen molar-refractivity contribution in [2.45, 2.75) is 33.9 Å².